The fourth-order valence-electron chi connectivity index (χ4n) is 1.06. The van der Waals surface area contributed by atoms with Crippen LogP contribution < -0.4 is 0 Å². The Morgan fingerprint density at radius 1 is 1.42 bits per heavy atom. The molecular weight excluding hydrogens is 172 g/mol. The molecule has 1 aromatic carbocycles. The molecule has 0 amide bonds. The highest BCUT2D eigenvalue weighted by molar-refractivity contribution is 6.31. The zero-order valence-corrected chi connectivity index (χ0v) is 7.88. The summed E-state index contributed by atoms with van der Waals surface area (Å²) >= 11 is 5.91. The molecule has 1 atom stereocenters. The number of aliphatic hydroxyl groups is 1. The molecule has 0 radical (unpaired) electrons. The van der Waals surface area contributed by atoms with Crippen molar-refractivity contribution in [1.29, 1.82) is 0 Å². The number of rotatable bonds is 3. The Morgan fingerprint density at radius 2 is 2.08 bits per heavy atom. The zero-order valence-electron chi connectivity index (χ0n) is 7.13. The molecule has 0 fully saturated rings. The lowest BCUT2D eigenvalue weighted by molar-refractivity contribution is 0.171. The van der Waals surface area contributed by atoms with Crippen molar-refractivity contribution in [3.63, 3.8) is 0 Å². The summed E-state index contributed by atoms with van der Waals surface area (Å²) in [4.78, 5) is 0. The van der Waals surface area contributed by atoms with Crippen LogP contribution >= 0.6 is 11.6 Å². The molecule has 1 rings (SSSR count). The second-order valence-electron chi connectivity index (χ2n) is 2.86. The van der Waals surface area contributed by atoms with Gasteiger partial charge in [-0.25, -0.2) is 0 Å². The van der Waals surface area contributed by atoms with E-state index in [0.717, 1.165) is 17.0 Å². The summed E-state index contributed by atoms with van der Waals surface area (Å²) in [6, 6.07) is 7.62. The van der Waals surface area contributed by atoms with Crippen molar-refractivity contribution in [1.82, 2.24) is 0 Å². The summed E-state index contributed by atoms with van der Waals surface area (Å²) in [5.74, 6) is 0. The third kappa shape index (κ3) is 2.50. The van der Waals surface area contributed by atoms with Crippen LogP contribution in [0.2, 0.25) is 5.02 Å². The minimum absolute atomic E-state index is 0.273. The van der Waals surface area contributed by atoms with Crippen molar-refractivity contribution in [2.45, 2.75) is 25.9 Å². The third-order valence-electron chi connectivity index (χ3n) is 1.88. The van der Waals surface area contributed by atoms with Crippen LogP contribution in [0.3, 0.4) is 0 Å². The molecule has 2 heteroatoms. The molecule has 1 nitrogen and oxygen atoms in total. The number of hydrogen-bond acceptors (Lipinski definition) is 1. The molecule has 1 unspecified atom stereocenters. The summed E-state index contributed by atoms with van der Waals surface area (Å²) in [5, 5.41) is 10.1. The molecular formula is C10H13ClO. The molecule has 0 saturated heterocycles. The predicted molar refractivity (Wildman–Crippen MR) is 51.5 cm³/mol. The van der Waals surface area contributed by atoms with Crippen molar-refractivity contribution in [3.8, 4) is 0 Å². The second kappa shape index (κ2) is 4.48. The molecule has 1 aromatic rings. The van der Waals surface area contributed by atoms with E-state index in [1.807, 2.05) is 31.2 Å². The topological polar surface area (TPSA) is 20.2 Å². The van der Waals surface area contributed by atoms with E-state index in [4.69, 9.17) is 11.6 Å². The van der Waals surface area contributed by atoms with Gasteiger partial charge in [0.1, 0.15) is 0 Å². The van der Waals surface area contributed by atoms with Gasteiger partial charge in [-0.1, -0.05) is 36.7 Å². The van der Waals surface area contributed by atoms with Gasteiger partial charge in [-0.3, -0.25) is 0 Å². The Morgan fingerprint density at radius 3 is 2.67 bits per heavy atom. The molecule has 66 valence electrons. The zero-order chi connectivity index (χ0) is 8.97. The Bertz CT molecular complexity index is 247. The van der Waals surface area contributed by atoms with Gasteiger partial charge < -0.3 is 5.11 Å². The number of hydrogen-bond donors (Lipinski definition) is 1. The van der Waals surface area contributed by atoms with Gasteiger partial charge in [-0.15, -0.1) is 0 Å². The van der Waals surface area contributed by atoms with E-state index in [1.165, 1.54) is 0 Å². The summed E-state index contributed by atoms with van der Waals surface area (Å²) in [6.45, 7) is 1.96. The van der Waals surface area contributed by atoms with Crippen LogP contribution in [0.4, 0.5) is 0 Å². The lowest BCUT2D eigenvalue weighted by Gasteiger charge is -2.08. The summed E-state index contributed by atoms with van der Waals surface area (Å²) in [6.07, 6.45) is 1.14. The monoisotopic (exact) mass is 184 g/mol. The van der Waals surface area contributed by atoms with Crippen LogP contribution in [-0.2, 0) is 6.42 Å². The molecule has 0 spiro atoms. The van der Waals surface area contributed by atoms with E-state index in [1.54, 1.807) is 0 Å². The van der Waals surface area contributed by atoms with E-state index < -0.39 is 0 Å². The Kier molecular flexibility index (Phi) is 3.57. The van der Waals surface area contributed by atoms with E-state index in [-0.39, 0.29) is 6.10 Å². The van der Waals surface area contributed by atoms with Crippen molar-refractivity contribution in [2.75, 3.05) is 0 Å². The number of aliphatic hydroxyl groups excluding tert-OH is 1. The van der Waals surface area contributed by atoms with Crippen LogP contribution in [0.5, 0.6) is 0 Å². The van der Waals surface area contributed by atoms with Gasteiger partial charge in [-0.2, -0.15) is 0 Å². The molecule has 0 bridgehead atoms. The fourth-order valence-corrected chi connectivity index (χ4v) is 1.28. The van der Waals surface area contributed by atoms with Gasteiger partial charge >= 0.3 is 0 Å². The Hall–Kier alpha value is -0.530. The van der Waals surface area contributed by atoms with Gasteiger partial charge in [-0.05, 0) is 24.5 Å². The lowest BCUT2D eigenvalue weighted by Crippen LogP contribution is -2.08. The van der Waals surface area contributed by atoms with Crippen LogP contribution in [0.15, 0.2) is 24.3 Å². The van der Waals surface area contributed by atoms with Crippen LogP contribution in [0.1, 0.15) is 18.9 Å². The SMILES string of the molecule is CCC(O)Cc1ccccc1Cl. The Balaban J connectivity index is 2.69. The quantitative estimate of drug-likeness (QED) is 0.766. The molecule has 1 N–H and O–H groups in total. The van der Waals surface area contributed by atoms with E-state index in [9.17, 15) is 5.11 Å². The molecule has 0 aliphatic carbocycles. The maximum absolute atomic E-state index is 9.38. The third-order valence-corrected chi connectivity index (χ3v) is 2.25. The number of halogens is 1. The largest absolute Gasteiger partial charge is 0.393 e. The van der Waals surface area contributed by atoms with E-state index in [0.29, 0.717) is 6.42 Å². The average molecular weight is 185 g/mol. The van der Waals surface area contributed by atoms with Crippen molar-refractivity contribution >= 4 is 11.6 Å². The normalized spacial score (nSPS) is 12.9. The first-order valence-corrected chi connectivity index (χ1v) is 4.53. The van der Waals surface area contributed by atoms with Gasteiger partial charge in [0.15, 0.2) is 0 Å². The molecule has 0 aliphatic rings. The van der Waals surface area contributed by atoms with Gasteiger partial charge in [0, 0.05) is 5.02 Å². The smallest absolute Gasteiger partial charge is 0.0578 e. The average Bonchev–Trinajstić information content (AvgIpc) is 2.09. The van der Waals surface area contributed by atoms with Gasteiger partial charge in [0.2, 0.25) is 0 Å². The first kappa shape index (κ1) is 9.56. The highest BCUT2D eigenvalue weighted by Crippen LogP contribution is 2.17. The van der Waals surface area contributed by atoms with E-state index in [2.05, 4.69) is 0 Å². The molecule has 0 saturated carbocycles. The Labute approximate surface area is 78.0 Å². The van der Waals surface area contributed by atoms with Gasteiger partial charge in [0.25, 0.3) is 0 Å². The molecule has 0 aliphatic heterocycles. The first-order valence-electron chi connectivity index (χ1n) is 4.15. The lowest BCUT2D eigenvalue weighted by atomic mass is 10.1. The van der Waals surface area contributed by atoms with Crippen LogP contribution in [0, 0.1) is 0 Å². The molecule has 12 heavy (non-hydrogen) atoms. The van der Waals surface area contributed by atoms with E-state index >= 15 is 0 Å². The maximum atomic E-state index is 9.38. The first-order chi connectivity index (χ1) is 5.74. The minimum Gasteiger partial charge on any atom is -0.393 e. The number of benzene rings is 1. The standard InChI is InChI=1S/C10H13ClO/c1-2-9(12)7-8-5-3-4-6-10(8)11/h3-6,9,12H,2,7H2,1H3. The minimum atomic E-state index is -0.273. The van der Waals surface area contributed by atoms with Crippen molar-refractivity contribution < 1.29 is 5.11 Å². The summed E-state index contributed by atoms with van der Waals surface area (Å²) < 4.78 is 0. The molecule has 0 aromatic heterocycles. The van der Waals surface area contributed by atoms with Gasteiger partial charge in [0.05, 0.1) is 6.10 Å². The predicted octanol–water partition coefficient (Wildman–Crippen LogP) is 2.65. The van der Waals surface area contributed by atoms with Crippen molar-refractivity contribution in [2.24, 2.45) is 0 Å². The van der Waals surface area contributed by atoms with Crippen LogP contribution in [-0.4, -0.2) is 11.2 Å². The fraction of sp³-hybridized carbons (Fsp3) is 0.400. The van der Waals surface area contributed by atoms with Crippen molar-refractivity contribution in [3.05, 3.63) is 34.9 Å². The van der Waals surface area contributed by atoms with Crippen LogP contribution in [0.25, 0.3) is 0 Å². The maximum Gasteiger partial charge on any atom is 0.0578 e. The summed E-state index contributed by atoms with van der Waals surface area (Å²) in [7, 11) is 0. The summed E-state index contributed by atoms with van der Waals surface area (Å²) in [5.41, 5.74) is 1.02. The molecule has 0 heterocycles. The highest BCUT2D eigenvalue weighted by atomic mass is 35.5. The highest BCUT2D eigenvalue weighted by Gasteiger charge is 2.04. The second-order valence-corrected chi connectivity index (χ2v) is 3.26.